The van der Waals surface area contributed by atoms with E-state index in [2.05, 4.69) is 33.8 Å². The van der Waals surface area contributed by atoms with Gasteiger partial charge in [-0.25, -0.2) is 0 Å². The second-order valence-corrected chi connectivity index (χ2v) is 5.52. The van der Waals surface area contributed by atoms with Crippen LogP contribution in [0.2, 0.25) is 0 Å². The standard InChI is InChI=1S/C13H19BrN2/c1-10-4-2-3-7-16(10)9-11-5-6-12(15)8-13(11)14/h5-6,8,10H,2-4,7,9,15H2,1H3/t10-/m1/s1. The van der Waals surface area contributed by atoms with Crippen LogP contribution >= 0.6 is 15.9 Å². The summed E-state index contributed by atoms with van der Waals surface area (Å²) in [6.45, 7) is 4.57. The number of benzene rings is 1. The summed E-state index contributed by atoms with van der Waals surface area (Å²) in [5.41, 5.74) is 7.90. The number of nitrogens with zero attached hydrogens (tertiary/aromatic N) is 1. The van der Waals surface area contributed by atoms with E-state index in [1.165, 1.54) is 31.4 Å². The van der Waals surface area contributed by atoms with Crippen LogP contribution in [0.3, 0.4) is 0 Å². The van der Waals surface area contributed by atoms with E-state index in [0.717, 1.165) is 16.7 Å². The number of piperidine rings is 1. The van der Waals surface area contributed by atoms with Gasteiger partial charge < -0.3 is 5.73 Å². The van der Waals surface area contributed by atoms with Crippen LogP contribution in [0.15, 0.2) is 22.7 Å². The van der Waals surface area contributed by atoms with Crippen molar-refractivity contribution in [2.75, 3.05) is 12.3 Å². The molecule has 1 aliphatic heterocycles. The molecule has 2 rings (SSSR count). The number of nitrogens with two attached hydrogens (primary N) is 1. The van der Waals surface area contributed by atoms with Gasteiger partial charge in [-0.2, -0.15) is 0 Å². The number of hydrogen-bond acceptors (Lipinski definition) is 2. The summed E-state index contributed by atoms with van der Waals surface area (Å²) in [6.07, 6.45) is 4.03. The first-order valence-electron chi connectivity index (χ1n) is 5.95. The molecule has 0 aliphatic carbocycles. The molecular weight excluding hydrogens is 264 g/mol. The fraction of sp³-hybridized carbons (Fsp3) is 0.538. The molecule has 88 valence electrons. The quantitative estimate of drug-likeness (QED) is 0.843. The van der Waals surface area contributed by atoms with Crippen LogP contribution in [0.4, 0.5) is 5.69 Å². The molecule has 16 heavy (non-hydrogen) atoms. The monoisotopic (exact) mass is 282 g/mol. The first-order valence-corrected chi connectivity index (χ1v) is 6.74. The predicted octanol–water partition coefficient (Wildman–Crippen LogP) is 3.41. The Bertz CT molecular complexity index is 365. The van der Waals surface area contributed by atoms with E-state index in [9.17, 15) is 0 Å². The van der Waals surface area contributed by atoms with Crippen molar-refractivity contribution in [3.8, 4) is 0 Å². The molecule has 0 saturated carbocycles. The maximum atomic E-state index is 5.74. The fourth-order valence-electron chi connectivity index (χ4n) is 2.30. The van der Waals surface area contributed by atoms with Crippen LogP contribution in [0, 0.1) is 0 Å². The Labute approximate surface area is 106 Å². The highest BCUT2D eigenvalue weighted by Crippen LogP contribution is 2.24. The highest BCUT2D eigenvalue weighted by molar-refractivity contribution is 9.10. The first-order chi connectivity index (χ1) is 7.66. The van der Waals surface area contributed by atoms with Crippen molar-refractivity contribution in [1.82, 2.24) is 4.90 Å². The van der Waals surface area contributed by atoms with Crippen LogP contribution in [0.1, 0.15) is 31.7 Å². The summed E-state index contributed by atoms with van der Waals surface area (Å²) in [6, 6.07) is 6.80. The largest absolute Gasteiger partial charge is 0.399 e. The Morgan fingerprint density at radius 1 is 1.44 bits per heavy atom. The van der Waals surface area contributed by atoms with Gasteiger partial charge in [0.15, 0.2) is 0 Å². The number of nitrogen functional groups attached to an aromatic ring is 1. The van der Waals surface area contributed by atoms with Crippen molar-refractivity contribution < 1.29 is 0 Å². The van der Waals surface area contributed by atoms with Gasteiger partial charge in [0, 0.05) is 22.7 Å². The molecule has 0 unspecified atom stereocenters. The molecule has 1 aromatic carbocycles. The summed E-state index contributed by atoms with van der Waals surface area (Å²) in [5.74, 6) is 0. The molecule has 1 aliphatic rings. The molecule has 1 heterocycles. The third-order valence-electron chi connectivity index (χ3n) is 3.39. The van der Waals surface area contributed by atoms with E-state index in [1.54, 1.807) is 0 Å². The smallest absolute Gasteiger partial charge is 0.0325 e. The number of halogens is 1. The lowest BCUT2D eigenvalue weighted by atomic mass is 10.0. The number of rotatable bonds is 2. The summed E-state index contributed by atoms with van der Waals surface area (Å²) in [7, 11) is 0. The van der Waals surface area contributed by atoms with Crippen LogP contribution < -0.4 is 5.73 Å². The lowest BCUT2D eigenvalue weighted by molar-refractivity contribution is 0.152. The Balaban J connectivity index is 2.07. The molecule has 1 saturated heterocycles. The molecule has 2 N–H and O–H groups in total. The van der Waals surface area contributed by atoms with E-state index >= 15 is 0 Å². The van der Waals surface area contributed by atoms with Gasteiger partial charge in [-0.1, -0.05) is 28.4 Å². The zero-order chi connectivity index (χ0) is 11.5. The maximum Gasteiger partial charge on any atom is 0.0325 e. The molecule has 1 atom stereocenters. The van der Waals surface area contributed by atoms with Crippen LogP contribution in [0.25, 0.3) is 0 Å². The minimum Gasteiger partial charge on any atom is -0.399 e. The van der Waals surface area contributed by atoms with Crippen molar-refractivity contribution in [1.29, 1.82) is 0 Å². The summed E-state index contributed by atoms with van der Waals surface area (Å²) >= 11 is 3.59. The maximum absolute atomic E-state index is 5.74. The molecule has 0 radical (unpaired) electrons. The predicted molar refractivity (Wildman–Crippen MR) is 72.3 cm³/mol. The average Bonchev–Trinajstić information content (AvgIpc) is 2.25. The third kappa shape index (κ3) is 2.77. The minimum atomic E-state index is 0.707. The van der Waals surface area contributed by atoms with Crippen molar-refractivity contribution in [3.63, 3.8) is 0 Å². The lowest BCUT2D eigenvalue weighted by Gasteiger charge is -2.33. The fourth-order valence-corrected chi connectivity index (χ4v) is 2.82. The topological polar surface area (TPSA) is 29.3 Å². The normalized spacial score (nSPS) is 22.2. The summed E-state index contributed by atoms with van der Waals surface area (Å²) in [5, 5.41) is 0. The Morgan fingerprint density at radius 3 is 2.94 bits per heavy atom. The third-order valence-corrected chi connectivity index (χ3v) is 4.13. The average molecular weight is 283 g/mol. The van der Waals surface area contributed by atoms with E-state index in [4.69, 9.17) is 5.73 Å². The number of likely N-dealkylation sites (tertiary alicyclic amines) is 1. The molecule has 0 spiro atoms. The molecule has 3 heteroatoms. The number of hydrogen-bond donors (Lipinski definition) is 1. The second-order valence-electron chi connectivity index (χ2n) is 4.67. The molecule has 2 nitrogen and oxygen atoms in total. The zero-order valence-corrected chi connectivity index (χ0v) is 11.3. The minimum absolute atomic E-state index is 0.707. The van der Waals surface area contributed by atoms with Crippen LogP contribution in [-0.4, -0.2) is 17.5 Å². The molecule has 1 fully saturated rings. The van der Waals surface area contributed by atoms with Crippen molar-refractivity contribution in [3.05, 3.63) is 28.2 Å². The van der Waals surface area contributed by atoms with Gasteiger partial charge >= 0.3 is 0 Å². The summed E-state index contributed by atoms with van der Waals surface area (Å²) in [4.78, 5) is 2.56. The van der Waals surface area contributed by atoms with Gasteiger partial charge in [0.25, 0.3) is 0 Å². The molecule has 0 aromatic heterocycles. The van der Waals surface area contributed by atoms with Gasteiger partial charge in [-0.05, 0) is 44.0 Å². The van der Waals surface area contributed by atoms with E-state index < -0.39 is 0 Å². The SMILES string of the molecule is C[C@@H]1CCCCN1Cc1ccc(N)cc1Br. The van der Waals surface area contributed by atoms with Gasteiger partial charge in [0.1, 0.15) is 0 Å². The Morgan fingerprint density at radius 2 is 2.25 bits per heavy atom. The van der Waals surface area contributed by atoms with Gasteiger partial charge in [0.2, 0.25) is 0 Å². The van der Waals surface area contributed by atoms with E-state index in [1.807, 2.05) is 12.1 Å². The second kappa shape index (κ2) is 5.19. The molecule has 0 bridgehead atoms. The van der Waals surface area contributed by atoms with Gasteiger partial charge in [-0.15, -0.1) is 0 Å². The van der Waals surface area contributed by atoms with Crippen LogP contribution in [-0.2, 0) is 6.54 Å². The molecule has 0 amide bonds. The zero-order valence-electron chi connectivity index (χ0n) is 9.75. The Kier molecular flexibility index (Phi) is 3.87. The highest BCUT2D eigenvalue weighted by Gasteiger charge is 2.18. The van der Waals surface area contributed by atoms with Crippen molar-refractivity contribution >= 4 is 21.6 Å². The van der Waals surface area contributed by atoms with Crippen LogP contribution in [0.5, 0.6) is 0 Å². The highest BCUT2D eigenvalue weighted by atomic mass is 79.9. The molecule has 1 aromatic rings. The number of anilines is 1. The Hall–Kier alpha value is -0.540. The van der Waals surface area contributed by atoms with Crippen molar-refractivity contribution in [2.24, 2.45) is 0 Å². The van der Waals surface area contributed by atoms with Crippen molar-refractivity contribution in [2.45, 2.75) is 38.8 Å². The van der Waals surface area contributed by atoms with E-state index in [-0.39, 0.29) is 0 Å². The van der Waals surface area contributed by atoms with Gasteiger partial charge in [0.05, 0.1) is 0 Å². The molecular formula is C13H19BrN2. The van der Waals surface area contributed by atoms with E-state index in [0.29, 0.717) is 6.04 Å². The lowest BCUT2D eigenvalue weighted by Crippen LogP contribution is -2.36. The van der Waals surface area contributed by atoms with Gasteiger partial charge in [-0.3, -0.25) is 4.90 Å². The first kappa shape index (κ1) is 11.9. The summed E-state index contributed by atoms with van der Waals surface area (Å²) < 4.78 is 1.13.